The summed E-state index contributed by atoms with van der Waals surface area (Å²) >= 11 is 1.68. The second-order valence-electron chi connectivity index (χ2n) is 4.26. The zero-order valence-electron chi connectivity index (χ0n) is 8.54. The minimum Gasteiger partial charge on any atom is -0.313 e. The lowest BCUT2D eigenvalue weighted by molar-refractivity contribution is 0.508. The van der Waals surface area contributed by atoms with Crippen LogP contribution in [0.1, 0.15) is 23.8 Å². The summed E-state index contributed by atoms with van der Waals surface area (Å²) in [7, 11) is 0. The van der Waals surface area contributed by atoms with E-state index in [4.69, 9.17) is 0 Å². The number of nitrogens with zero attached hydrogens (tertiary/aromatic N) is 1. The van der Waals surface area contributed by atoms with Crippen molar-refractivity contribution in [1.82, 2.24) is 9.97 Å². The van der Waals surface area contributed by atoms with Gasteiger partial charge in [-0.3, -0.25) is 4.79 Å². The first-order valence-electron chi connectivity index (χ1n) is 5.23. The molecule has 2 aromatic rings. The molecular weight excluding hydrogens is 208 g/mol. The molecule has 78 valence electrons. The van der Waals surface area contributed by atoms with Gasteiger partial charge in [0.25, 0.3) is 5.56 Å². The van der Waals surface area contributed by atoms with Crippen LogP contribution in [-0.4, -0.2) is 9.97 Å². The summed E-state index contributed by atoms with van der Waals surface area (Å²) in [6.45, 7) is 2.25. The lowest BCUT2D eigenvalue weighted by atomic mass is 9.89. The van der Waals surface area contributed by atoms with Gasteiger partial charge in [0.15, 0.2) is 0 Å². The van der Waals surface area contributed by atoms with E-state index >= 15 is 0 Å². The molecule has 2 heterocycles. The summed E-state index contributed by atoms with van der Waals surface area (Å²) in [5, 5.41) is 0.837. The second-order valence-corrected chi connectivity index (χ2v) is 5.35. The zero-order chi connectivity index (χ0) is 10.4. The Bertz CT molecular complexity index is 569. The molecule has 0 radical (unpaired) electrons. The Morgan fingerprint density at radius 1 is 1.60 bits per heavy atom. The smallest absolute Gasteiger partial charge is 0.259 e. The van der Waals surface area contributed by atoms with Crippen molar-refractivity contribution < 1.29 is 0 Å². The predicted octanol–water partition coefficient (Wildman–Crippen LogP) is 2.11. The summed E-state index contributed by atoms with van der Waals surface area (Å²) in [6.07, 6.45) is 4.87. The van der Waals surface area contributed by atoms with E-state index in [1.807, 2.05) is 0 Å². The third kappa shape index (κ3) is 1.32. The highest BCUT2D eigenvalue weighted by Gasteiger charge is 2.22. The maximum atomic E-state index is 11.7. The standard InChI is InChI=1S/C11H12N2OS/c1-6-2-3-8-7(4-6)9-10(14)12-5-13-11(9)15-8/h5-6H,2-4H2,1H3,(H,12,13,14). The van der Waals surface area contributed by atoms with Crippen LogP contribution in [0.5, 0.6) is 0 Å². The number of aryl methyl sites for hydroxylation is 1. The van der Waals surface area contributed by atoms with Gasteiger partial charge in [-0.25, -0.2) is 4.98 Å². The molecular formula is C11H12N2OS. The minimum absolute atomic E-state index is 0.0200. The maximum absolute atomic E-state index is 11.7. The van der Waals surface area contributed by atoms with Crippen molar-refractivity contribution in [3.05, 3.63) is 27.1 Å². The largest absolute Gasteiger partial charge is 0.313 e. The van der Waals surface area contributed by atoms with Crippen LogP contribution in [0.25, 0.3) is 10.2 Å². The fourth-order valence-corrected chi connectivity index (χ4v) is 3.48. The van der Waals surface area contributed by atoms with Crippen molar-refractivity contribution >= 4 is 21.6 Å². The van der Waals surface area contributed by atoms with Crippen molar-refractivity contribution in [2.45, 2.75) is 26.2 Å². The van der Waals surface area contributed by atoms with Crippen molar-refractivity contribution in [1.29, 1.82) is 0 Å². The Hall–Kier alpha value is -1.16. The van der Waals surface area contributed by atoms with Crippen molar-refractivity contribution in [2.24, 2.45) is 5.92 Å². The van der Waals surface area contributed by atoms with Gasteiger partial charge in [0, 0.05) is 4.88 Å². The lowest BCUT2D eigenvalue weighted by Crippen LogP contribution is -2.12. The maximum Gasteiger partial charge on any atom is 0.259 e. The van der Waals surface area contributed by atoms with Gasteiger partial charge in [0.05, 0.1) is 11.7 Å². The molecule has 1 N–H and O–H groups in total. The number of thiophene rings is 1. The fraction of sp³-hybridized carbons (Fsp3) is 0.455. The number of aromatic amines is 1. The van der Waals surface area contributed by atoms with Gasteiger partial charge >= 0.3 is 0 Å². The van der Waals surface area contributed by atoms with Crippen LogP contribution in [0.4, 0.5) is 0 Å². The lowest BCUT2D eigenvalue weighted by Gasteiger charge is -2.17. The van der Waals surface area contributed by atoms with E-state index in [0.717, 1.165) is 23.1 Å². The minimum atomic E-state index is 0.0200. The Morgan fingerprint density at radius 3 is 3.33 bits per heavy atom. The monoisotopic (exact) mass is 220 g/mol. The third-order valence-electron chi connectivity index (χ3n) is 3.09. The number of hydrogen-bond donors (Lipinski definition) is 1. The molecule has 0 spiro atoms. The Labute approximate surface area is 91.2 Å². The highest BCUT2D eigenvalue weighted by Crippen LogP contribution is 2.35. The molecule has 3 nitrogen and oxygen atoms in total. The Kier molecular flexibility index (Phi) is 1.92. The Balaban J connectivity index is 2.35. The topological polar surface area (TPSA) is 45.8 Å². The fourth-order valence-electron chi connectivity index (χ4n) is 2.29. The van der Waals surface area contributed by atoms with Crippen molar-refractivity contribution in [2.75, 3.05) is 0 Å². The van der Waals surface area contributed by atoms with Gasteiger partial charge in [0.1, 0.15) is 4.83 Å². The normalized spacial score (nSPS) is 20.5. The number of aromatic nitrogens is 2. The number of nitrogens with one attached hydrogen (secondary N) is 1. The molecule has 4 heteroatoms. The van der Waals surface area contributed by atoms with E-state index in [-0.39, 0.29) is 5.56 Å². The van der Waals surface area contributed by atoms with Crippen LogP contribution < -0.4 is 5.56 Å². The van der Waals surface area contributed by atoms with Crippen LogP contribution in [0.15, 0.2) is 11.1 Å². The first-order chi connectivity index (χ1) is 7.25. The SMILES string of the molecule is CC1CCc2sc3nc[nH]c(=O)c3c2C1. The highest BCUT2D eigenvalue weighted by atomic mass is 32.1. The van der Waals surface area contributed by atoms with Crippen LogP contribution in [-0.2, 0) is 12.8 Å². The van der Waals surface area contributed by atoms with E-state index in [1.54, 1.807) is 11.3 Å². The zero-order valence-corrected chi connectivity index (χ0v) is 9.36. The van der Waals surface area contributed by atoms with Gasteiger partial charge in [-0.15, -0.1) is 11.3 Å². The van der Waals surface area contributed by atoms with Crippen molar-refractivity contribution in [3.63, 3.8) is 0 Å². The number of rotatable bonds is 0. The molecule has 0 saturated heterocycles. The highest BCUT2D eigenvalue weighted by molar-refractivity contribution is 7.18. The second kappa shape index (κ2) is 3.17. The molecule has 2 aromatic heterocycles. The van der Waals surface area contributed by atoms with Crippen molar-refractivity contribution in [3.8, 4) is 0 Å². The molecule has 1 atom stereocenters. The Morgan fingerprint density at radius 2 is 2.47 bits per heavy atom. The first-order valence-corrected chi connectivity index (χ1v) is 6.05. The van der Waals surface area contributed by atoms with E-state index < -0.39 is 0 Å². The summed E-state index contributed by atoms with van der Waals surface area (Å²) in [4.78, 5) is 20.9. The number of H-pyrrole nitrogens is 1. The van der Waals surface area contributed by atoms with Gasteiger partial charge in [-0.1, -0.05) is 6.92 Å². The summed E-state index contributed by atoms with van der Waals surface area (Å²) in [6, 6.07) is 0. The molecule has 0 saturated carbocycles. The predicted molar refractivity (Wildman–Crippen MR) is 61.4 cm³/mol. The first kappa shape index (κ1) is 9.09. The summed E-state index contributed by atoms with van der Waals surface area (Å²) in [5.41, 5.74) is 1.27. The molecule has 0 aliphatic heterocycles. The molecule has 1 aliphatic carbocycles. The molecule has 1 aliphatic rings. The molecule has 15 heavy (non-hydrogen) atoms. The van der Waals surface area contributed by atoms with Crippen LogP contribution in [0.2, 0.25) is 0 Å². The van der Waals surface area contributed by atoms with Gasteiger partial charge in [0.2, 0.25) is 0 Å². The van der Waals surface area contributed by atoms with E-state index in [9.17, 15) is 4.79 Å². The average molecular weight is 220 g/mol. The van der Waals surface area contributed by atoms with E-state index in [2.05, 4.69) is 16.9 Å². The van der Waals surface area contributed by atoms with Gasteiger partial charge in [-0.05, 0) is 30.7 Å². The summed E-state index contributed by atoms with van der Waals surface area (Å²) < 4.78 is 0. The van der Waals surface area contributed by atoms with Gasteiger partial charge < -0.3 is 4.98 Å². The quantitative estimate of drug-likeness (QED) is 0.739. The third-order valence-corrected chi connectivity index (χ3v) is 4.29. The van der Waals surface area contributed by atoms with Gasteiger partial charge in [-0.2, -0.15) is 0 Å². The molecule has 0 bridgehead atoms. The molecule has 0 amide bonds. The number of fused-ring (bicyclic) bond motifs is 3. The van der Waals surface area contributed by atoms with E-state index in [0.29, 0.717) is 5.92 Å². The molecule has 3 rings (SSSR count). The number of hydrogen-bond acceptors (Lipinski definition) is 3. The summed E-state index contributed by atoms with van der Waals surface area (Å²) in [5.74, 6) is 0.690. The molecule has 1 unspecified atom stereocenters. The molecule has 0 aromatic carbocycles. The average Bonchev–Trinajstić information content (AvgIpc) is 2.57. The van der Waals surface area contributed by atoms with Crippen LogP contribution >= 0.6 is 11.3 Å². The van der Waals surface area contributed by atoms with E-state index in [1.165, 1.54) is 23.2 Å². The van der Waals surface area contributed by atoms with Crippen LogP contribution in [0, 0.1) is 5.92 Å². The van der Waals surface area contributed by atoms with Crippen LogP contribution in [0.3, 0.4) is 0 Å². The molecule has 0 fully saturated rings.